The first-order valence-electron chi connectivity index (χ1n) is 9.06. The number of phenolic OH excluding ortho intramolecular Hbond substituents is 5. The molecule has 11 nitrogen and oxygen atoms in total. The Balaban J connectivity index is 1.87. The maximum Gasteiger partial charge on any atom is 0.402 e. The zero-order valence-corrected chi connectivity index (χ0v) is 15.7. The molecule has 0 radical (unpaired) electrons. The topological polar surface area (TPSA) is 192 Å². The highest BCUT2D eigenvalue weighted by Crippen LogP contribution is 2.44. The van der Waals surface area contributed by atoms with E-state index >= 15 is 0 Å². The van der Waals surface area contributed by atoms with Crippen LogP contribution < -0.4 is 4.74 Å². The normalized spacial score (nSPS) is 23.7. The van der Waals surface area contributed by atoms with E-state index in [-0.39, 0.29) is 46.1 Å². The SMILES string of the molecule is Oc1cc(O)c2cc(O[C@H]3OC[C@@H](O)[C@H](O)[C@H]3O)c(-c3cc(O)c(O)c(O)c3)[o+]c2c1. The summed E-state index contributed by atoms with van der Waals surface area (Å²) in [6, 6.07) is 5.68. The number of phenols is 5. The van der Waals surface area contributed by atoms with Crippen LogP contribution in [0.1, 0.15) is 0 Å². The van der Waals surface area contributed by atoms with E-state index < -0.39 is 41.9 Å². The van der Waals surface area contributed by atoms with E-state index in [1.165, 1.54) is 12.1 Å². The minimum absolute atomic E-state index is 0.00692. The first kappa shape index (κ1) is 20.8. The molecule has 164 valence electrons. The highest BCUT2D eigenvalue weighted by atomic mass is 16.7. The molecule has 3 aromatic rings. The van der Waals surface area contributed by atoms with Crippen molar-refractivity contribution in [1.82, 2.24) is 0 Å². The van der Waals surface area contributed by atoms with Crippen LogP contribution in [-0.2, 0) is 4.74 Å². The highest BCUT2D eigenvalue weighted by molar-refractivity contribution is 5.88. The number of aliphatic hydroxyl groups excluding tert-OH is 3. The first-order valence-corrected chi connectivity index (χ1v) is 9.06. The van der Waals surface area contributed by atoms with Gasteiger partial charge in [0.1, 0.15) is 35.2 Å². The highest BCUT2D eigenvalue weighted by Gasteiger charge is 2.40. The second-order valence-corrected chi connectivity index (χ2v) is 7.05. The molecule has 0 saturated carbocycles. The summed E-state index contributed by atoms with van der Waals surface area (Å²) in [5, 5.41) is 79.0. The number of aliphatic hydroxyl groups is 3. The van der Waals surface area contributed by atoms with Gasteiger partial charge in [0.15, 0.2) is 17.2 Å². The lowest BCUT2D eigenvalue weighted by Gasteiger charge is -2.34. The van der Waals surface area contributed by atoms with Gasteiger partial charge in [-0.1, -0.05) is 0 Å². The summed E-state index contributed by atoms with van der Waals surface area (Å²) in [5.41, 5.74) is 0.0332. The molecule has 0 bridgehead atoms. The summed E-state index contributed by atoms with van der Waals surface area (Å²) >= 11 is 0. The van der Waals surface area contributed by atoms with E-state index in [9.17, 15) is 40.9 Å². The van der Waals surface area contributed by atoms with Gasteiger partial charge in [-0.3, -0.25) is 0 Å². The van der Waals surface area contributed by atoms with Gasteiger partial charge >= 0.3 is 11.3 Å². The van der Waals surface area contributed by atoms with Gasteiger partial charge < -0.3 is 50.3 Å². The number of hydrogen-bond donors (Lipinski definition) is 8. The minimum atomic E-state index is -1.64. The third-order valence-corrected chi connectivity index (χ3v) is 4.85. The molecule has 1 fully saturated rings. The molecule has 2 heterocycles. The van der Waals surface area contributed by atoms with E-state index in [1.54, 1.807) is 0 Å². The molecule has 4 atom stereocenters. The van der Waals surface area contributed by atoms with Crippen LogP contribution in [0.15, 0.2) is 34.7 Å². The molecule has 1 aliphatic heterocycles. The number of rotatable bonds is 3. The second-order valence-electron chi connectivity index (χ2n) is 7.05. The van der Waals surface area contributed by atoms with Crippen molar-refractivity contribution in [2.45, 2.75) is 24.6 Å². The van der Waals surface area contributed by atoms with Crippen LogP contribution in [0.2, 0.25) is 0 Å². The maximum atomic E-state index is 10.2. The molecular formula is C20H19O11+. The average molecular weight is 435 g/mol. The van der Waals surface area contributed by atoms with E-state index in [0.29, 0.717) is 0 Å². The summed E-state index contributed by atoms with van der Waals surface area (Å²) in [6.45, 7) is -0.330. The molecule has 4 rings (SSSR count). The fourth-order valence-electron chi connectivity index (χ4n) is 3.22. The lowest BCUT2D eigenvalue weighted by Crippen LogP contribution is -2.54. The van der Waals surface area contributed by atoms with Gasteiger partial charge in [0.25, 0.3) is 0 Å². The van der Waals surface area contributed by atoms with Crippen LogP contribution in [0.25, 0.3) is 22.3 Å². The average Bonchev–Trinajstić information content (AvgIpc) is 2.72. The Morgan fingerprint density at radius 2 is 1.52 bits per heavy atom. The Bertz CT molecular complexity index is 1120. The van der Waals surface area contributed by atoms with E-state index in [2.05, 4.69) is 0 Å². The Morgan fingerprint density at radius 3 is 2.19 bits per heavy atom. The monoisotopic (exact) mass is 435 g/mol. The van der Waals surface area contributed by atoms with E-state index in [4.69, 9.17) is 13.9 Å². The summed E-state index contributed by atoms with van der Waals surface area (Å²) in [4.78, 5) is 0. The van der Waals surface area contributed by atoms with Crippen molar-refractivity contribution in [3.63, 3.8) is 0 Å². The van der Waals surface area contributed by atoms with Crippen molar-refractivity contribution in [2.24, 2.45) is 0 Å². The van der Waals surface area contributed by atoms with Crippen molar-refractivity contribution in [3.05, 3.63) is 30.3 Å². The predicted molar refractivity (Wildman–Crippen MR) is 103 cm³/mol. The van der Waals surface area contributed by atoms with Gasteiger partial charge in [0.05, 0.1) is 18.2 Å². The fourth-order valence-corrected chi connectivity index (χ4v) is 3.22. The lowest BCUT2D eigenvalue weighted by atomic mass is 10.1. The molecule has 0 spiro atoms. The largest absolute Gasteiger partial charge is 0.507 e. The zero-order valence-electron chi connectivity index (χ0n) is 15.7. The van der Waals surface area contributed by atoms with E-state index in [0.717, 1.165) is 18.2 Å². The van der Waals surface area contributed by atoms with Crippen LogP contribution in [-0.4, -0.2) is 72.1 Å². The van der Waals surface area contributed by atoms with Crippen molar-refractivity contribution >= 4 is 11.0 Å². The third kappa shape index (κ3) is 3.70. The van der Waals surface area contributed by atoms with Gasteiger partial charge in [-0.05, 0) is 0 Å². The van der Waals surface area contributed by atoms with Crippen LogP contribution in [0.3, 0.4) is 0 Å². The Kier molecular flexibility index (Phi) is 5.11. The number of aromatic hydroxyl groups is 5. The zero-order chi connectivity index (χ0) is 22.4. The standard InChI is InChI=1S/C20H18O11/c21-8-3-10(22)9-5-15(31-20-18(28)17(27)13(25)6-29-20)19(30-14(9)4-8)7-1-11(23)16(26)12(24)2-7/h1-5,13,17-18,20,25,27-28H,6H2,(H4-,21,22,23,24,26)/p+1/t13-,17+,18-,20-/m1/s1. The third-order valence-electron chi connectivity index (χ3n) is 4.85. The van der Waals surface area contributed by atoms with Crippen LogP contribution in [0, 0.1) is 0 Å². The quantitative estimate of drug-likeness (QED) is 0.214. The molecule has 1 saturated heterocycles. The Labute approximate surface area is 173 Å². The van der Waals surface area contributed by atoms with Gasteiger partial charge in [-0.15, -0.1) is 0 Å². The second kappa shape index (κ2) is 7.63. The van der Waals surface area contributed by atoms with E-state index in [1.807, 2.05) is 0 Å². The molecule has 11 heteroatoms. The molecule has 2 aromatic carbocycles. The van der Waals surface area contributed by atoms with Crippen molar-refractivity contribution in [2.75, 3.05) is 6.61 Å². The number of hydrogen-bond acceptors (Lipinski definition) is 10. The molecule has 31 heavy (non-hydrogen) atoms. The molecule has 8 N–H and O–H groups in total. The van der Waals surface area contributed by atoms with Gasteiger partial charge in [0.2, 0.25) is 12.0 Å². The summed E-state index contributed by atoms with van der Waals surface area (Å²) in [6.07, 6.45) is -5.95. The van der Waals surface area contributed by atoms with Gasteiger partial charge in [0, 0.05) is 24.3 Å². The first-order chi connectivity index (χ1) is 14.7. The maximum absolute atomic E-state index is 10.2. The predicted octanol–water partition coefficient (Wildman–Crippen LogP) is 0.727. The minimum Gasteiger partial charge on any atom is -0.507 e. The van der Waals surface area contributed by atoms with Gasteiger partial charge in [-0.2, -0.15) is 0 Å². The van der Waals surface area contributed by atoms with Crippen molar-refractivity contribution < 1.29 is 54.7 Å². The number of fused-ring (bicyclic) bond motifs is 1. The lowest BCUT2D eigenvalue weighted by molar-refractivity contribution is -0.242. The summed E-state index contributed by atoms with van der Waals surface area (Å²) < 4.78 is 16.6. The summed E-state index contributed by atoms with van der Waals surface area (Å²) in [7, 11) is 0. The molecule has 1 aromatic heterocycles. The van der Waals surface area contributed by atoms with Crippen LogP contribution >= 0.6 is 0 Å². The fraction of sp³-hybridized carbons (Fsp3) is 0.250. The number of ether oxygens (including phenoxy) is 2. The van der Waals surface area contributed by atoms with Crippen molar-refractivity contribution in [1.29, 1.82) is 0 Å². The Hall–Kier alpha value is -3.51. The van der Waals surface area contributed by atoms with Crippen molar-refractivity contribution in [3.8, 4) is 45.8 Å². The molecule has 1 aliphatic rings. The smallest absolute Gasteiger partial charge is 0.402 e. The van der Waals surface area contributed by atoms with Gasteiger partial charge in [-0.25, -0.2) is 4.42 Å². The Morgan fingerprint density at radius 1 is 0.839 bits per heavy atom. The molecule has 0 amide bonds. The van der Waals surface area contributed by atoms with Crippen LogP contribution in [0.4, 0.5) is 0 Å². The number of benzene rings is 2. The molecular weight excluding hydrogens is 416 g/mol. The molecule has 0 aliphatic carbocycles. The summed E-state index contributed by atoms with van der Waals surface area (Å²) in [5.74, 6) is -3.03. The molecule has 0 unspecified atom stereocenters. The van der Waals surface area contributed by atoms with Crippen LogP contribution in [0.5, 0.6) is 34.5 Å².